The molecule has 0 radical (unpaired) electrons. The molecule has 138 valence electrons. The molecule has 4 heteroatoms. The zero-order valence-corrected chi connectivity index (χ0v) is 16.9. The molecule has 0 unspecified atom stereocenters. The SMILES string of the molecule is Cc1cccc(NC(=S)N(C)Cc2ccc(N3CCCCC3)cc2)c1C. The van der Waals surface area contributed by atoms with Crippen LogP contribution in [0.4, 0.5) is 11.4 Å². The molecule has 1 fully saturated rings. The minimum Gasteiger partial charge on any atom is -0.372 e. The average Bonchev–Trinajstić information content (AvgIpc) is 2.66. The van der Waals surface area contributed by atoms with Crippen LogP contribution in [0.1, 0.15) is 36.0 Å². The quantitative estimate of drug-likeness (QED) is 0.756. The molecule has 0 aliphatic carbocycles. The second-order valence-electron chi connectivity index (χ2n) is 7.25. The van der Waals surface area contributed by atoms with Crippen molar-refractivity contribution in [1.29, 1.82) is 0 Å². The zero-order chi connectivity index (χ0) is 18.5. The first-order valence-electron chi connectivity index (χ1n) is 9.47. The first kappa shape index (κ1) is 18.7. The number of anilines is 2. The monoisotopic (exact) mass is 367 g/mol. The van der Waals surface area contributed by atoms with Gasteiger partial charge in [-0.15, -0.1) is 0 Å². The van der Waals surface area contributed by atoms with Crippen molar-refractivity contribution in [3.8, 4) is 0 Å². The van der Waals surface area contributed by atoms with Gasteiger partial charge in [-0.1, -0.05) is 24.3 Å². The Morgan fingerprint density at radius 1 is 1.04 bits per heavy atom. The number of thiocarbonyl (C=S) groups is 1. The minimum atomic E-state index is 0.749. The van der Waals surface area contributed by atoms with Gasteiger partial charge in [0.15, 0.2) is 5.11 Å². The van der Waals surface area contributed by atoms with Crippen molar-refractivity contribution in [2.75, 3.05) is 30.4 Å². The summed E-state index contributed by atoms with van der Waals surface area (Å²) in [6.45, 7) is 7.42. The van der Waals surface area contributed by atoms with Crippen LogP contribution in [0.15, 0.2) is 42.5 Å². The van der Waals surface area contributed by atoms with Gasteiger partial charge in [-0.05, 0) is 80.2 Å². The predicted octanol–water partition coefficient (Wildman–Crippen LogP) is 5.12. The molecule has 0 amide bonds. The fraction of sp³-hybridized carbons (Fsp3) is 0.409. The van der Waals surface area contributed by atoms with Crippen molar-refractivity contribution >= 4 is 28.7 Å². The molecule has 2 aromatic rings. The fourth-order valence-electron chi connectivity index (χ4n) is 3.41. The van der Waals surface area contributed by atoms with Crippen LogP contribution in [0.5, 0.6) is 0 Å². The number of benzene rings is 2. The standard InChI is InChI=1S/C22H29N3S/c1-17-8-7-9-21(18(17)2)23-22(26)24(3)16-19-10-12-20(13-11-19)25-14-5-4-6-15-25/h7-13H,4-6,14-16H2,1-3H3,(H,23,26). The second-order valence-corrected chi connectivity index (χ2v) is 7.63. The topological polar surface area (TPSA) is 18.5 Å². The van der Waals surface area contributed by atoms with E-state index in [1.165, 1.54) is 54.7 Å². The molecule has 2 aromatic carbocycles. The minimum absolute atomic E-state index is 0.749. The fourth-order valence-corrected chi connectivity index (χ4v) is 3.58. The molecule has 0 atom stereocenters. The van der Waals surface area contributed by atoms with E-state index in [1.54, 1.807) is 0 Å². The van der Waals surface area contributed by atoms with Crippen LogP contribution in [0.2, 0.25) is 0 Å². The van der Waals surface area contributed by atoms with Gasteiger partial charge >= 0.3 is 0 Å². The van der Waals surface area contributed by atoms with Crippen LogP contribution in [0.25, 0.3) is 0 Å². The summed E-state index contributed by atoms with van der Waals surface area (Å²) in [5, 5.41) is 4.13. The predicted molar refractivity (Wildman–Crippen MR) is 116 cm³/mol. The van der Waals surface area contributed by atoms with Crippen LogP contribution in [0, 0.1) is 13.8 Å². The lowest BCUT2D eigenvalue weighted by molar-refractivity contribution is 0.508. The Hall–Kier alpha value is -2.07. The van der Waals surface area contributed by atoms with Gasteiger partial charge in [-0.3, -0.25) is 0 Å². The number of hydrogen-bond acceptors (Lipinski definition) is 2. The highest BCUT2D eigenvalue weighted by Crippen LogP contribution is 2.21. The number of rotatable bonds is 4. The van der Waals surface area contributed by atoms with E-state index >= 15 is 0 Å². The third-order valence-corrected chi connectivity index (χ3v) is 5.68. The molecule has 1 aliphatic heterocycles. The molecule has 1 saturated heterocycles. The van der Waals surface area contributed by atoms with Gasteiger partial charge in [0.1, 0.15) is 0 Å². The van der Waals surface area contributed by atoms with Gasteiger partial charge in [0.05, 0.1) is 0 Å². The number of aryl methyl sites for hydroxylation is 1. The van der Waals surface area contributed by atoms with Crippen molar-refractivity contribution in [3.63, 3.8) is 0 Å². The molecule has 26 heavy (non-hydrogen) atoms. The molecule has 3 nitrogen and oxygen atoms in total. The molecule has 1 aliphatic rings. The molecule has 3 rings (SSSR count). The summed E-state index contributed by atoms with van der Waals surface area (Å²) in [6.07, 6.45) is 3.98. The molecule has 0 bridgehead atoms. The molecule has 0 spiro atoms. The average molecular weight is 368 g/mol. The van der Waals surface area contributed by atoms with E-state index in [2.05, 4.69) is 71.4 Å². The van der Waals surface area contributed by atoms with Crippen molar-refractivity contribution in [2.24, 2.45) is 0 Å². The Kier molecular flexibility index (Phi) is 6.15. The van der Waals surface area contributed by atoms with Gasteiger partial charge in [-0.25, -0.2) is 0 Å². The lowest BCUT2D eigenvalue weighted by Gasteiger charge is -2.29. The first-order valence-corrected chi connectivity index (χ1v) is 9.87. The van der Waals surface area contributed by atoms with Gasteiger partial charge < -0.3 is 15.1 Å². The van der Waals surface area contributed by atoms with E-state index in [1.807, 2.05) is 7.05 Å². The molecular formula is C22H29N3S. The van der Waals surface area contributed by atoms with E-state index in [0.717, 1.165) is 17.3 Å². The number of hydrogen-bond donors (Lipinski definition) is 1. The number of piperidine rings is 1. The first-order chi connectivity index (χ1) is 12.5. The van der Waals surface area contributed by atoms with Crippen LogP contribution in [0.3, 0.4) is 0 Å². The van der Waals surface area contributed by atoms with Crippen molar-refractivity contribution in [3.05, 3.63) is 59.2 Å². The van der Waals surface area contributed by atoms with Gasteiger partial charge in [0.2, 0.25) is 0 Å². The summed E-state index contributed by atoms with van der Waals surface area (Å²) in [5.41, 5.74) is 6.22. The Morgan fingerprint density at radius 2 is 1.73 bits per heavy atom. The lowest BCUT2D eigenvalue weighted by atomic mass is 10.1. The summed E-state index contributed by atoms with van der Waals surface area (Å²) in [5.74, 6) is 0. The number of nitrogens with one attached hydrogen (secondary N) is 1. The Balaban J connectivity index is 1.59. The van der Waals surface area contributed by atoms with E-state index in [4.69, 9.17) is 12.2 Å². The highest BCUT2D eigenvalue weighted by molar-refractivity contribution is 7.80. The largest absolute Gasteiger partial charge is 0.372 e. The lowest BCUT2D eigenvalue weighted by Crippen LogP contribution is -2.31. The third kappa shape index (κ3) is 4.55. The molecule has 0 aromatic heterocycles. The summed E-state index contributed by atoms with van der Waals surface area (Å²) in [4.78, 5) is 4.58. The van der Waals surface area contributed by atoms with E-state index in [-0.39, 0.29) is 0 Å². The molecule has 1 heterocycles. The van der Waals surface area contributed by atoms with E-state index < -0.39 is 0 Å². The Bertz CT molecular complexity index is 748. The van der Waals surface area contributed by atoms with E-state index in [0.29, 0.717) is 0 Å². The zero-order valence-electron chi connectivity index (χ0n) is 16.1. The van der Waals surface area contributed by atoms with Crippen molar-refractivity contribution in [1.82, 2.24) is 4.90 Å². The highest BCUT2D eigenvalue weighted by Gasteiger charge is 2.12. The van der Waals surface area contributed by atoms with Crippen LogP contribution >= 0.6 is 12.2 Å². The van der Waals surface area contributed by atoms with Gasteiger partial charge in [0.25, 0.3) is 0 Å². The molecule has 1 N–H and O–H groups in total. The van der Waals surface area contributed by atoms with Crippen molar-refractivity contribution in [2.45, 2.75) is 39.7 Å². The van der Waals surface area contributed by atoms with Gasteiger partial charge in [-0.2, -0.15) is 0 Å². The summed E-state index contributed by atoms with van der Waals surface area (Å²) >= 11 is 5.60. The highest BCUT2D eigenvalue weighted by atomic mass is 32.1. The summed E-state index contributed by atoms with van der Waals surface area (Å²) in [6, 6.07) is 15.2. The Morgan fingerprint density at radius 3 is 2.42 bits per heavy atom. The molecule has 0 saturated carbocycles. The van der Waals surface area contributed by atoms with Crippen LogP contribution in [-0.4, -0.2) is 30.1 Å². The summed E-state index contributed by atoms with van der Waals surface area (Å²) < 4.78 is 0. The van der Waals surface area contributed by atoms with E-state index in [9.17, 15) is 0 Å². The third-order valence-electron chi connectivity index (χ3n) is 5.27. The van der Waals surface area contributed by atoms with Gasteiger partial charge in [0, 0.05) is 38.1 Å². The second kappa shape index (κ2) is 8.54. The normalized spacial score (nSPS) is 14.2. The smallest absolute Gasteiger partial charge is 0.173 e. The number of nitrogens with zero attached hydrogens (tertiary/aromatic N) is 2. The summed E-state index contributed by atoms with van der Waals surface area (Å²) in [7, 11) is 2.04. The maximum Gasteiger partial charge on any atom is 0.173 e. The Labute approximate surface area is 163 Å². The maximum absolute atomic E-state index is 5.60. The van der Waals surface area contributed by atoms with Crippen LogP contribution < -0.4 is 10.2 Å². The van der Waals surface area contributed by atoms with Crippen LogP contribution in [-0.2, 0) is 6.54 Å². The maximum atomic E-state index is 5.60. The molecular weight excluding hydrogens is 338 g/mol. The van der Waals surface area contributed by atoms with Crippen molar-refractivity contribution < 1.29 is 0 Å².